The standard InChI is InChI=1S/C15H22ClNO4.ClH/c1-15(2,3)17-8-11(18)9-21-13-6-5-10(7-12(13)16)14(19)20-4;/h5-7,11,17-18H,8-9H2,1-4H3;1H. The number of halogens is 2. The molecule has 7 heteroatoms. The second-order valence-corrected chi connectivity index (χ2v) is 6.14. The summed E-state index contributed by atoms with van der Waals surface area (Å²) in [6.07, 6.45) is -0.652. The molecule has 0 saturated heterocycles. The van der Waals surface area contributed by atoms with E-state index < -0.39 is 12.1 Å². The summed E-state index contributed by atoms with van der Waals surface area (Å²) in [5.41, 5.74) is 0.283. The van der Waals surface area contributed by atoms with Gasteiger partial charge in [0.2, 0.25) is 0 Å². The van der Waals surface area contributed by atoms with Crippen molar-refractivity contribution in [2.75, 3.05) is 20.3 Å². The van der Waals surface area contributed by atoms with Crippen LogP contribution in [0.5, 0.6) is 5.75 Å². The van der Waals surface area contributed by atoms with Crippen LogP contribution in [0.15, 0.2) is 18.2 Å². The van der Waals surface area contributed by atoms with Gasteiger partial charge in [0.25, 0.3) is 0 Å². The minimum absolute atomic E-state index is 0. The Labute approximate surface area is 142 Å². The topological polar surface area (TPSA) is 67.8 Å². The Kier molecular flexibility index (Phi) is 8.78. The molecule has 1 unspecified atom stereocenters. The normalized spacial score (nSPS) is 12.3. The summed E-state index contributed by atoms with van der Waals surface area (Å²) in [6.45, 7) is 6.58. The van der Waals surface area contributed by atoms with Crippen molar-refractivity contribution in [1.82, 2.24) is 5.32 Å². The van der Waals surface area contributed by atoms with Gasteiger partial charge in [0, 0.05) is 12.1 Å². The molecule has 0 radical (unpaired) electrons. The number of carbonyl (C=O) groups is 1. The Morgan fingerprint density at radius 2 is 2.05 bits per heavy atom. The summed E-state index contributed by atoms with van der Waals surface area (Å²) < 4.78 is 10.1. The van der Waals surface area contributed by atoms with Gasteiger partial charge in [-0.25, -0.2) is 4.79 Å². The van der Waals surface area contributed by atoms with Gasteiger partial charge >= 0.3 is 5.97 Å². The molecular weight excluding hydrogens is 329 g/mol. The largest absolute Gasteiger partial charge is 0.489 e. The van der Waals surface area contributed by atoms with Crippen LogP contribution in [0.2, 0.25) is 5.02 Å². The second-order valence-electron chi connectivity index (χ2n) is 5.73. The summed E-state index contributed by atoms with van der Waals surface area (Å²) >= 11 is 6.03. The minimum atomic E-state index is -0.652. The van der Waals surface area contributed by atoms with E-state index in [0.29, 0.717) is 22.9 Å². The maximum absolute atomic E-state index is 11.4. The van der Waals surface area contributed by atoms with E-state index in [-0.39, 0.29) is 24.6 Å². The maximum atomic E-state index is 11.4. The highest BCUT2D eigenvalue weighted by atomic mass is 35.5. The van der Waals surface area contributed by atoms with E-state index in [1.807, 2.05) is 20.8 Å². The van der Waals surface area contributed by atoms with E-state index >= 15 is 0 Å². The van der Waals surface area contributed by atoms with Crippen molar-refractivity contribution in [3.8, 4) is 5.75 Å². The Balaban J connectivity index is 0.00000441. The fourth-order valence-corrected chi connectivity index (χ4v) is 1.77. The van der Waals surface area contributed by atoms with Crippen molar-refractivity contribution < 1.29 is 19.4 Å². The molecule has 126 valence electrons. The van der Waals surface area contributed by atoms with Gasteiger partial charge in [0.1, 0.15) is 18.5 Å². The molecule has 1 aromatic carbocycles. The highest BCUT2D eigenvalue weighted by molar-refractivity contribution is 6.32. The first-order valence-corrected chi connectivity index (χ1v) is 7.04. The minimum Gasteiger partial charge on any atom is -0.489 e. The Bertz CT molecular complexity index is 489. The van der Waals surface area contributed by atoms with Gasteiger partial charge in [-0.2, -0.15) is 0 Å². The predicted octanol–water partition coefficient (Wildman–Crippen LogP) is 2.68. The molecule has 1 rings (SSSR count). The van der Waals surface area contributed by atoms with Crippen LogP contribution in [0.25, 0.3) is 0 Å². The SMILES string of the molecule is COC(=O)c1ccc(OCC(O)CNC(C)(C)C)c(Cl)c1.Cl. The number of ether oxygens (including phenoxy) is 2. The molecule has 0 saturated carbocycles. The van der Waals surface area contributed by atoms with Crippen molar-refractivity contribution in [3.63, 3.8) is 0 Å². The molecule has 0 spiro atoms. The van der Waals surface area contributed by atoms with Gasteiger partial charge in [0.15, 0.2) is 0 Å². The molecule has 0 amide bonds. The molecule has 1 aromatic rings. The quantitative estimate of drug-likeness (QED) is 0.771. The zero-order valence-electron chi connectivity index (χ0n) is 13.2. The third-order valence-electron chi connectivity index (χ3n) is 2.65. The van der Waals surface area contributed by atoms with Crippen LogP contribution in [0.3, 0.4) is 0 Å². The highest BCUT2D eigenvalue weighted by Crippen LogP contribution is 2.25. The molecule has 0 bridgehead atoms. The smallest absolute Gasteiger partial charge is 0.337 e. The van der Waals surface area contributed by atoms with E-state index in [1.54, 1.807) is 12.1 Å². The number of methoxy groups -OCH3 is 1. The van der Waals surface area contributed by atoms with E-state index in [9.17, 15) is 9.90 Å². The number of hydrogen-bond donors (Lipinski definition) is 2. The van der Waals surface area contributed by atoms with Crippen LogP contribution in [0.1, 0.15) is 31.1 Å². The summed E-state index contributed by atoms with van der Waals surface area (Å²) in [5.74, 6) is -0.0445. The zero-order chi connectivity index (χ0) is 16.0. The summed E-state index contributed by atoms with van der Waals surface area (Å²) in [4.78, 5) is 11.4. The molecule has 0 aromatic heterocycles. The summed E-state index contributed by atoms with van der Waals surface area (Å²) in [6, 6.07) is 4.62. The number of carbonyl (C=O) groups excluding carboxylic acids is 1. The molecule has 0 fully saturated rings. The lowest BCUT2D eigenvalue weighted by Gasteiger charge is -2.23. The molecule has 0 aliphatic rings. The van der Waals surface area contributed by atoms with Crippen LogP contribution >= 0.6 is 24.0 Å². The first-order valence-electron chi connectivity index (χ1n) is 6.66. The first-order chi connectivity index (χ1) is 9.73. The molecule has 2 N–H and O–H groups in total. The van der Waals surface area contributed by atoms with Crippen LogP contribution in [0, 0.1) is 0 Å². The van der Waals surface area contributed by atoms with E-state index in [0.717, 1.165) is 0 Å². The van der Waals surface area contributed by atoms with Crippen molar-refractivity contribution in [3.05, 3.63) is 28.8 Å². The van der Waals surface area contributed by atoms with Crippen LogP contribution in [-0.4, -0.2) is 43.0 Å². The molecule has 5 nitrogen and oxygen atoms in total. The number of nitrogens with one attached hydrogen (secondary N) is 1. The Morgan fingerprint density at radius 1 is 1.41 bits per heavy atom. The predicted molar refractivity (Wildman–Crippen MR) is 89.3 cm³/mol. The van der Waals surface area contributed by atoms with E-state index in [4.69, 9.17) is 16.3 Å². The van der Waals surface area contributed by atoms with Gasteiger partial charge in [0.05, 0.1) is 17.7 Å². The van der Waals surface area contributed by atoms with Gasteiger partial charge in [-0.1, -0.05) is 11.6 Å². The number of hydrogen-bond acceptors (Lipinski definition) is 5. The highest BCUT2D eigenvalue weighted by Gasteiger charge is 2.14. The Morgan fingerprint density at radius 3 is 2.55 bits per heavy atom. The molecule has 0 aliphatic carbocycles. The summed E-state index contributed by atoms with van der Waals surface area (Å²) in [7, 11) is 1.30. The molecular formula is C15H23Cl2NO4. The molecule has 0 heterocycles. The van der Waals surface area contributed by atoms with Gasteiger partial charge in [-0.3, -0.25) is 0 Å². The monoisotopic (exact) mass is 351 g/mol. The van der Waals surface area contributed by atoms with Crippen molar-refractivity contribution >= 4 is 30.0 Å². The number of aliphatic hydroxyl groups excluding tert-OH is 1. The molecule has 0 aliphatic heterocycles. The van der Waals surface area contributed by atoms with E-state index in [2.05, 4.69) is 10.1 Å². The third-order valence-corrected chi connectivity index (χ3v) is 2.95. The van der Waals surface area contributed by atoms with Crippen molar-refractivity contribution in [2.24, 2.45) is 0 Å². The van der Waals surface area contributed by atoms with Crippen molar-refractivity contribution in [2.45, 2.75) is 32.4 Å². The first kappa shape index (κ1) is 21.0. The van der Waals surface area contributed by atoms with E-state index in [1.165, 1.54) is 13.2 Å². The lowest BCUT2D eigenvalue weighted by molar-refractivity contribution is 0.0600. The fraction of sp³-hybridized carbons (Fsp3) is 0.533. The lowest BCUT2D eigenvalue weighted by Crippen LogP contribution is -2.42. The zero-order valence-corrected chi connectivity index (χ0v) is 14.8. The van der Waals surface area contributed by atoms with Crippen LogP contribution in [-0.2, 0) is 4.74 Å². The Hall–Kier alpha value is -1.01. The van der Waals surface area contributed by atoms with Gasteiger partial charge in [-0.05, 0) is 39.0 Å². The number of benzene rings is 1. The molecule has 1 atom stereocenters. The van der Waals surface area contributed by atoms with Crippen LogP contribution in [0.4, 0.5) is 0 Å². The van der Waals surface area contributed by atoms with Crippen molar-refractivity contribution in [1.29, 1.82) is 0 Å². The van der Waals surface area contributed by atoms with Gasteiger partial charge in [-0.15, -0.1) is 12.4 Å². The number of β-amino-alcohol motifs (C(OH)–C–C–N with tert-alkyl or cyclic N) is 1. The third kappa shape index (κ3) is 7.31. The second kappa shape index (κ2) is 9.20. The number of aliphatic hydroxyl groups is 1. The summed E-state index contributed by atoms with van der Waals surface area (Å²) in [5, 5.41) is 13.3. The van der Waals surface area contributed by atoms with Gasteiger partial charge < -0.3 is 19.9 Å². The average molecular weight is 352 g/mol. The average Bonchev–Trinajstić information content (AvgIpc) is 2.42. The van der Waals surface area contributed by atoms with Crippen LogP contribution < -0.4 is 10.1 Å². The number of rotatable bonds is 6. The molecule has 22 heavy (non-hydrogen) atoms. The lowest BCUT2D eigenvalue weighted by atomic mass is 10.1. The number of esters is 1. The fourth-order valence-electron chi connectivity index (χ4n) is 1.53. The maximum Gasteiger partial charge on any atom is 0.337 e.